The number of carbonyl (C=O) groups excluding carboxylic acids is 1. The normalized spacial score (nSPS) is 45.0. The van der Waals surface area contributed by atoms with Crippen molar-refractivity contribution in [2.45, 2.75) is 98.0 Å². The van der Waals surface area contributed by atoms with E-state index in [2.05, 4.69) is 26.8 Å². The van der Waals surface area contributed by atoms with Gasteiger partial charge in [0, 0.05) is 18.9 Å². The Morgan fingerprint density at radius 2 is 1.90 bits per heavy atom. The first kappa shape index (κ1) is 22.5. The number of carbonyl (C=O) groups is 1. The fourth-order valence-electron chi connectivity index (χ4n) is 8.44. The Labute approximate surface area is 183 Å². The molecular weight excluding hydrogens is 372 g/mol. The molecule has 0 aromatic heterocycles. The number of hydrogen-bond donors (Lipinski definition) is 2. The molecule has 1 unspecified atom stereocenters. The monoisotopic (exact) mass is 416 g/mol. The minimum absolute atomic E-state index is 0.133. The number of aliphatic hydroxyl groups excluding tert-OH is 2. The number of allylic oxidation sites excluding steroid dienone is 1. The third-order valence-electron chi connectivity index (χ3n) is 10.5. The van der Waals surface area contributed by atoms with Crippen LogP contribution in [-0.4, -0.2) is 28.7 Å². The summed E-state index contributed by atoms with van der Waals surface area (Å²) in [5, 5.41) is 19.5. The Hall–Kier alpha value is -0.670. The predicted molar refractivity (Wildman–Crippen MR) is 121 cm³/mol. The summed E-state index contributed by atoms with van der Waals surface area (Å²) in [6, 6.07) is 0. The van der Waals surface area contributed by atoms with Gasteiger partial charge in [0.1, 0.15) is 5.78 Å². The molecule has 4 rings (SSSR count). The van der Waals surface area contributed by atoms with E-state index in [9.17, 15) is 15.0 Å². The maximum atomic E-state index is 13.0. The van der Waals surface area contributed by atoms with Crippen LogP contribution in [-0.2, 0) is 4.79 Å². The lowest BCUT2D eigenvalue weighted by molar-refractivity contribution is -0.127. The molecule has 0 heterocycles. The van der Waals surface area contributed by atoms with E-state index < -0.39 is 0 Å². The van der Waals surface area contributed by atoms with Gasteiger partial charge in [-0.3, -0.25) is 4.79 Å². The number of aliphatic hydroxyl groups is 2. The number of hydrogen-bond acceptors (Lipinski definition) is 3. The minimum Gasteiger partial charge on any atom is -0.396 e. The van der Waals surface area contributed by atoms with Crippen molar-refractivity contribution in [1.29, 1.82) is 0 Å². The van der Waals surface area contributed by atoms with Crippen LogP contribution in [0.3, 0.4) is 0 Å². The Morgan fingerprint density at radius 1 is 1.13 bits per heavy atom. The van der Waals surface area contributed by atoms with Crippen molar-refractivity contribution >= 4 is 5.78 Å². The molecule has 9 atom stereocenters. The van der Waals surface area contributed by atoms with Crippen LogP contribution in [0.15, 0.2) is 11.6 Å². The molecule has 4 aliphatic rings. The second-order valence-electron chi connectivity index (χ2n) is 12.0. The smallest absolute Gasteiger partial charge is 0.136 e. The highest BCUT2D eigenvalue weighted by atomic mass is 16.3. The first-order valence-electron chi connectivity index (χ1n) is 12.7. The molecule has 170 valence electrons. The quantitative estimate of drug-likeness (QED) is 0.559. The summed E-state index contributed by atoms with van der Waals surface area (Å²) in [5.74, 6) is 3.58. The van der Waals surface area contributed by atoms with Crippen LogP contribution in [0.5, 0.6) is 0 Å². The number of rotatable bonds is 6. The first-order valence-corrected chi connectivity index (χ1v) is 12.7. The van der Waals surface area contributed by atoms with Crippen molar-refractivity contribution in [2.24, 2.45) is 46.3 Å². The van der Waals surface area contributed by atoms with Crippen LogP contribution in [0, 0.1) is 46.3 Å². The molecule has 0 bridgehead atoms. The summed E-state index contributed by atoms with van der Waals surface area (Å²) in [6.45, 7) is 9.41. The van der Waals surface area contributed by atoms with Crippen LogP contribution in [0.1, 0.15) is 91.9 Å². The molecule has 0 aliphatic heterocycles. The van der Waals surface area contributed by atoms with Gasteiger partial charge in [-0.2, -0.15) is 0 Å². The van der Waals surface area contributed by atoms with Crippen LogP contribution >= 0.6 is 0 Å². The van der Waals surface area contributed by atoms with Gasteiger partial charge in [-0.05, 0) is 98.2 Å². The molecule has 4 aliphatic carbocycles. The summed E-state index contributed by atoms with van der Waals surface area (Å²) in [4.78, 5) is 13.0. The molecular formula is C27H44O3. The van der Waals surface area contributed by atoms with E-state index in [4.69, 9.17) is 0 Å². The second-order valence-corrected chi connectivity index (χ2v) is 12.0. The third-order valence-corrected chi connectivity index (χ3v) is 10.5. The molecule has 0 aromatic rings. The second kappa shape index (κ2) is 8.35. The van der Waals surface area contributed by atoms with Crippen LogP contribution in [0.25, 0.3) is 0 Å². The summed E-state index contributed by atoms with van der Waals surface area (Å²) in [6.07, 6.45) is 13.0. The van der Waals surface area contributed by atoms with Crippen molar-refractivity contribution in [3.05, 3.63) is 11.6 Å². The fraction of sp³-hybridized carbons (Fsp3) is 0.889. The van der Waals surface area contributed by atoms with Crippen LogP contribution < -0.4 is 0 Å². The zero-order chi connectivity index (χ0) is 21.7. The van der Waals surface area contributed by atoms with Gasteiger partial charge in [-0.1, -0.05) is 39.3 Å². The molecule has 0 radical (unpaired) electrons. The third kappa shape index (κ3) is 3.62. The summed E-state index contributed by atoms with van der Waals surface area (Å²) >= 11 is 0. The van der Waals surface area contributed by atoms with Gasteiger partial charge < -0.3 is 10.2 Å². The lowest BCUT2D eigenvalue weighted by atomic mass is 9.47. The Balaban J connectivity index is 1.49. The molecule has 3 fully saturated rings. The molecule has 30 heavy (non-hydrogen) atoms. The molecule has 0 spiro atoms. The highest BCUT2D eigenvalue weighted by molar-refractivity contribution is 5.81. The van der Waals surface area contributed by atoms with Gasteiger partial charge in [0.05, 0.1) is 6.10 Å². The molecule has 0 amide bonds. The molecule has 2 N–H and O–H groups in total. The van der Waals surface area contributed by atoms with E-state index >= 15 is 0 Å². The van der Waals surface area contributed by atoms with E-state index in [1.807, 2.05) is 6.92 Å². The van der Waals surface area contributed by atoms with E-state index in [-0.39, 0.29) is 24.5 Å². The van der Waals surface area contributed by atoms with Gasteiger partial charge in [0.2, 0.25) is 0 Å². The van der Waals surface area contributed by atoms with Crippen LogP contribution in [0.4, 0.5) is 0 Å². The van der Waals surface area contributed by atoms with Gasteiger partial charge in [0.25, 0.3) is 0 Å². The minimum atomic E-state index is -0.133. The highest BCUT2D eigenvalue weighted by Crippen LogP contribution is 2.67. The Bertz CT molecular complexity index is 684. The van der Waals surface area contributed by atoms with Crippen LogP contribution in [0.2, 0.25) is 0 Å². The highest BCUT2D eigenvalue weighted by Gasteiger charge is 2.59. The van der Waals surface area contributed by atoms with Crippen molar-refractivity contribution in [3.8, 4) is 0 Å². The SMILES string of the molecule is CC(CO)CCC(=O)[C@@H](C)[C@H]1CC[C@H]2[C@@H]3CC=C4C[C@@H](O)CC[C@]4(C)[C@H]3CC[C@]12C. The topological polar surface area (TPSA) is 57.5 Å². The summed E-state index contributed by atoms with van der Waals surface area (Å²) < 4.78 is 0. The van der Waals surface area contributed by atoms with E-state index in [0.717, 1.165) is 43.4 Å². The predicted octanol–water partition coefficient (Wildman–Crippen LogP) is 5.54. The molecule has 3 saturated carbocycles. The lowest BCUT2D eigenvalue weighted by Gasteiger charge is -2.58. The van der Waals surface area contributed by atoms with E-state index in [1.165, 1.54) is 32.1 Å². The Kier molecular flexibility index (Phi) is 6.27. The van der Waals surface area contributed by atoms with E-state index in [0.29, 0.717) is 29.0 Å². The zero-order valence-corrected chi connectivity index (χ0v) is 19.7. The Morgan fingerprint density at radius 3 is 2.63 bits per heavy atom. The standard InChI is InChI=1S/C27H44O3/c1-17(16-28)5-10-25(30)18(2)22-8-9-23-21-7-6-19-15-20(29)11-13-26(19,3)24(21)12-14-27(22,23)4/h6,17-18,20-24,28-29H,5,7-16H2,1-4H3/t17?,18-,20-,21-,22+,23-,24-,26-,27+/m0/s1. The number of Topliss-reactive ketones (excluding diaryl/α,β-unsaturated/α-hetero) is 1. The first-order chi connectivity index (χ1) is 14.2. The zero-order valence-electron chi connectivity index (χ0n) is 19.7. The largest absolute Gasteiger partial charge is 0.396 e. The average Bonchev–Trinajstić information content (AvgIpc) is 3.08. The van der Waals surface area contributed by atoms with Gasteiger partial charge in [0.15, 0.2) is 0 Å². The molecule has 0 aromatic carbocycles. The van der Waals surface area contributed by atoms with Gasteiger partial charge in [-0.25, -0.2) is 0 Å². The average molecular weight is 417 g/mol. The van der Waals surface area contributed by atoms with Crippen molar-refractivity contribution < 1.29 is 15.0 Å². The maximum absolute atomic E-state index is 13.0. The van der Waals surface area contributed by atoms with Crippen molar-refractivity contribution in [1.82, 2.24) is 0 Å². The van der Waals surface area contributed by atoms with Crippen molar-refractivity contribution in [2.75, 3.05) is 6.61 Å². The summed E-state index contributed by atoms with van der Waals surface area (Å²) in [7, 11) is 0. The van der Waals surface area contributed by atoms with Gasteiger partial charge in [-0.15, -0.1) is 0 Å². The number of fused-ring (bicyclic) bond motifs is 5. The molecule has 3 heteroatoms. The molecule has 0 saturated heterocycles. The fourth-order valence-corrected chi connectivity index (χ4v) is 8.44. The van der Waals surface area contributed by atoms with E-state index in [1.54, 1.807) is 5.57 Å². The lowest BCUT2D eigenvalue weighted by Crippen LogP contribution is -2.51. The summed E-state index contributed by atoms with van der Waals surface area (Å²) in [5.41, 5.74) is 2.14. The number of ketones is 1. The van der Waals surface area contributed by atoms with Crippen molar-refractivity contribution in [3.63, 3.8) is 0 Å². The molecule has 3 nitrogen and oxygen atoms in total. The van der Waals surface area contributed by atoms with Gasteiger partial charge >= 0.3 is 0 Å². The maximum Gasteiger partial charge on any atom is 0.136 e.